The largest absolute Gasteiger partial charge is 0.396 e. The lowest BCUT2D eigenvalue weighted by atomic mass is 10.1. The van der Waals surface area contributed by atoms with Gasteiger partial charge in [0.2, 0.25) is 0 Å². The van der Waals surface area contributed by atoms with Crippen LogP contribution in [0.2, 0.25) is 0 Å². The zero-order chi connectivity index (χ0) is 15.0. The van der Waals surface area contributed by atoms with Crippen molar-refractivity contribution >= 4 is 37.5 Å². The standard InChI is InChI=1S/C15H10Br2FN3/c16-10-2-1-3-11(7-10)21-8-14(19)15(20-21)9-4-5-13(18)12(17)6-9/h1-8H,19H2. The van der Waals surface area contributed by atoms with E-state index in [4.69, 9.17) is 5.73 Å². The summed E-state index contributed by atoms with van der Waals surface area (Å²) in [5.74, 6) is -0.316. The summed E-state index contributed by atoms with van der Waals surface area (Å²) in [6.07, 6.45) is 1.74. The topological polar surface area (TPSA) is 43.8 Å². The summed E-state index contributed by atoms with van der Waals surface area (Å²) in [7, 11) is 0. The Kier molecular flexibility index (Phi) is 3.82. The van der Waals surface area contributed by atoms with Crippen LogP contribution in [0.3, 0.4) is 0 Å². The van der Waals surface area contributed by atoms with Gasteiger partial charge in [0.15, 0.2) is 0 Å². The molecule has 1 aromatic heterocycles. The molecular formula is C15H10Br2FN3. The van der Waals surface area contributed by atoms with Crippen molar-refractivity contribution in [3.05, 3.63) is 63.4 Å². The molecule has 0 fully saturated rings. The lowest BCUT2D eigenvalue weighted by Gasteiger charge is -2.02. The molecule has 3 aromatic rings. The Morgan fingerprint density at radius 3 is 2.62 bits per heavy atom. The van der Waals surface area contributed by atoms with Crippen molar-refractivity contribution in [1.29, 1.82) is 0 Å². The normalized spacial score (nSPS) is 10.8. The first kappa shape index (κ1) is 14.3. The van der Waals surface area contributed by atoms with Gasteiger partial charge in [0.1, 0.15) is 11.5 Å². The van der Waals surface area contributed by atoms with Gasteiger partial charge in [-0.25, -0.2) is 9.07 Å². The molecule has 0 aliphatic heterocycles. The Morgan fingerprint density at radius 1 is 1.10 bits per heavy atom. The number of nitrogen functional groups attached to an aromatic ring is 1. The van der Waals surface area contributed by atoms with E-state index in [1.165, 1.54) is 6.07 Å². The van der Waals surface area contributed by atoms with E-state index < -0.39 is 0 Å². The highest BCUT2D eigenvalue weighted by Crippen LogP contribution is 2.29. The van der Waals surface area contributed by atoms with Crippen molar-refractivity contribution in [2.45, 2.75) is 0 Å². The Bertz CT molecular complexity index is 814. The van der Waals surface area contributed by atoms with Crippen LogP contribution in [0.25, 0.3) is 16.9 Å². The molecule has 0 saturated carbocycles. The minimum absolute atomic E-state index is 0.316. The van der Waals surface area contributed by atoms with E-state index in [1.807, 2.05) is 24.3 Å². The van der Waals surface area contributed by atoms with Gasteiger partial charge in [-0.15, -0.1) is 0 Å². The molecule has 0 amide bonds. The van der Waals surface area contributed by atoms with Gasteiger partial charge in [0.25, 0.3) is 0 Å². The summed E-state index contributed by atoms with van der Waals surface area (Å²) in [4.78, 5) is 0. The van der Waals surface area contributed by atoms with Crippen molar-refractivity contribution < 1.29 is 4.39 Å². The molecule has 6 heteroatoms. The molecule has 0 bridgehead atoms. The molecule has 1 heterocycles. The minimum Gasteiger partial charge on any atom is -0.396 e. The third-order valence-corrected chi connectivity index (χ3v) is 4.11. The Hall–Kier alpha value is -1.66. The van der Waals surface area contributed by atoms with Gasteiger partial charge in [-0.3, -0.25) is 0 Å². The van der Waals surface area contributed by atoms with Crippen LogP contribution >= 0.6 is 31.9 Å². The lowest BCUT2D eigenvalue weighted by Crippen LogP contribution is -1.94. The SMILES string of the molecule is Nc1cn(-c2cccc(Br)c2)nc1-c1ccc(F)c(Br)c1. The van der Waals surface area contributed by atoms with E-state index in [1.54, 1.807) is 23.0 Å². The Labute approximate surface area is 137 Å². The Morgan fingerprint density at radius 2 is 1.90 bits per heavy atom. The van der Waals surface area contributed by atoms with Crippen molar-refractivity contribution in [2.24, 2.45) is 0 Å². The predicted molar refractivity (Wildman–Crippen MR) is 88.8 cm³/mol. The first-order chi connectivity index (χ1) is 10.0. The smallest absolute Gasteiger partial charge is 0.137 e. The van der Waals surface area contributed by atoms with E-state index in [0.29, 0.717) is 15.9 Å². The van der Waals surface area contributed by atoms with Gasteiger partial charge in [-0.2, -0.15) is 5.10 Å². The van der Waals surface area contributed by atoms with E-state index in [0.717, 1.165) is 15.7 Å². The summed E-state index contributed by atoms with van der Waals surface area (Å²) in [5.41, 5.74) is 8.84. The number of hydrogen-bond donors (Lipinski definition) is 1. The molecule has 0 radical (unpaired) electrons. The van der Waals surface area contributed by atoms with Crippen LogP contribution in [0.15, 0.2) is 57.6 Å². The number of benzene rings is 2. The molecule has 0 spiro atoms. The van der Waals surface area contributed by atoms with Gasteiger partial charge in [0, 0.05) is 10.0 Å². The molecule has 2 N–H and O–H groups in total. The quantitative estimate of drug-likeness (QED) is 0.660. The van der Waals surface area contributed by atoms with E-state index in [2.05, 4.69) is 37.0 Å². The molecule has 0 saturated heterocycles. The van der Waals surface area contributed by atoms with Crippen LogP contribution < -0.4 is 5.73 Å². The van der Waals surface area contributed by atoms with Gasteiger partial charge in [-0.1, -0.05) is 22.0 Å². The number of aromatic nitrogens is 2. The predicted octanol–water partition coefficient (Wildman–Crippen LogP) is 4.79. The molecule has 0 atom stereocenters. The highest BCUT2D eigenvalue weighted by atomic mass is 79.9. The third-order valence-electron chi connectivity index (χ3n) is 3.01. The number of rotatable bonds is 2. The summed E-state index contributed by atoms with van der Waals surface area (Å²) < 4.78 is 16.4. The van der Waals surface area contributed by atoms with Gasteiger partial charge < -0.3 is 5.73 Å². The highest BCUT2D eigenvalue weighted by Gasteiger charge is 2.11. The monoisotopic (exact) mass is 409 g/mol. The fourth-order valence-corrected chi connectivity index (χ4v) is 2.77. The van der Waals surface area contributed by atoms with Crippen LogP contribution in [0.4, 0.5) is 10.1 Å². The van der Waals surface area contributed by atoms with E-state index >= 15 is 0 Å². The molecule has 0 unspecified atom stereocenters. The third kappa shape index (κ3) is 2.87. The minimum atomic E-state index is -0.316. The molecule has 3 nitrogen and oxygen atoms in total. The zero-order valence-electron chi connectivity index (χ0n) is 10.7. The average molecular weight is 411 g/mol. The van der Waals surface area contributed by atoms with E-state index in [-0.39, 0.29) is 5.82 Å². The second kappa shape index (κ2) is 5.61. The van der Waals surface area contributed by atoms with Gasteiger partial charge in [-0.05, 0) is 52.3 Å². The van der Waals surface area contributed by atoms with Crippen LogP contribution in [0, 0.1) is 5.82 Å². The number of anilines is 1. The zero-order valence-corrected chi connectivity index (χ0v) is 13.9. The van der Waals surface area contributed by atoms with Crippen LogP contribution in [0.5, 0.6) is 0 Å². The maximum atomic E-state index is 13.3. The van der Waals surface area contributed by atoms with Crippen LogP contribution in [-0.4, -0.2) is 9.78 Å². The maximum absolute atomic E-state index is 13.3. The average Bonchev–Trinajstić information content (AvgIpc) is 2.84. The van der Waals surface area contributed by atoms with Crippen molar-refractivity contribution in [3.8, 4) is 16.9 Å². The number of nitrogens with two attached hydrogens (primary N) is 1. The molecule has 3 rings (SSSR count). The molecule has 106 valence electrons. The lowest BCUT2D eigenvalue weighted by molar-refractivity contribution is 0.621. The summed E-state index contributed by atoms with van der Waals surface area (Å²) in [6.45, 7) is 0. The second-order valence-corrected chi connectivity index (χ2v) is 6.26. The number of halogens is 3. The van der Waals surface area contributed by atoms with Gasteiger partial charge in [0.05, 0.1) is 22.0 Å². The summed E-state index contributed by atoms with van der Waals surface area (Å²) >= 11 is 6.60. The van der Waals surface area contributed by atoms with Gasteiger partial charge >= 0.3 is 0 Å². The first-order valence-electron chi connectivity index (χ1n) is 6.11. The summed E-state index contributed by atoms with van der Waals surface area (Å²) in [5, 5.41) is 4.49. The van der Waals surface area contributed by atoms with Crippen molar-refractivity contribution in [2.75, 3.05) is 5.73 Å². The van der Waals surface area contributed by atoms with Crippen molar-refractivity contribution in [3.63, 3.8) is 0 Å². The fraction of sp³-hybridized carbons (Fsp3) is 0. The van der Waals surface area contributed by atoms with Crippen LogP contribution in [-0.2, 0) is 0 Å². The first-order valence-corrected chi connectivity index (χ1v) is 7.70. The maximum Gasteiger partial charge on any atom is 0.137 e. The number of hydrogen-bond acceptors (Lipinski definition) is 2. The highest BCUT2D eigenvalue weighted by molar-refractivity contribution is 9.10. The molecule has 2 aromatic carbocycles. The molecule has 0 aliphatic carbocycles. The molecular weight excluding hydrogens is 401 g/mol. The summed E-state index contributed by atoms with van der Waals surface area (Å²) in [6, 6.07) is 12.4. The Balaban J connectivity index is 2.07. The number of nitrogens with zero attached hydrogens (tertiary/aromatic N) is 2. The molecule has 21 heavy (non-hydrogen) atoms. The van der Waals surface area contributed by atoms with Crippen molar-refractivity contribution in [1.82, 2.24) is 9.78 Å². The molecule has 0 aliphatic rings. The second-order valence-electron chi connectivity index (χ2n) is 4.49. The fourth-order valence-electron chi connectivity index (χ4n) is 2.01. The van der Waals surface area contributed by atoms with Crippen LogP contribution in [0.1, 0.15) is 0 Å². The van der Waals surface area contributed by atoms with E-state index in [9.17, 15) is 4.39 Å².